The molecule has 4 nitrogen and oxygen atoms in total. The number of piperidine rings is 1. The number of aryl methyl sites for hydroxylation is 1. The number of hydrogen-bond acceptors (Lipinski definition) is 2. The van der Waals surface area contributed by atoms with Crippen LogP contribution in [-0.4, -0.2) is 43.6 Å². The molecule has 1 aliphatic rings. The Morgan fingerprint density at radius 1 is 1.20 bits per heavy atom. The summed E-state index contributed by atoms with van der Waals surface area (Å²) < 4.78 is 0. The third-order valence-electron chi connectivity index (χ3n) is 4.65. The molecule has 142 valence electrons. The fraction of sp³-hybridized carbons (Fsp3) is 0.650. The zero-order valence-electron chi connectivity index (χ0n) is 16.1. The van der Waals surface area contributed by atoms with Crippen LogP contribution >= 0.6 is 24.0 Å². The van der Waals surface area contributed by atoms with Gasteiger partial charge in [0.2, 0.25) is 0 Å². The molecule has 1 aromatic rings. The minimum Gasteiger partial charge on any atom is -0.357 e. The number of benzene rings is 1. The van der Waals surface area contributed by atoms with E-state index in [2.05, 4.69) is 60.6 Å². The highest BCUT2D eigenvalue weighted by Gasteiger charge is 2.18. The highest BCUT2D eigenvalue weighted by Crippen LogP contribution is 2.16. The van der Waals surface area contributed by atoms with Gasteiger partial charge in [-0.25, -0.2) is 4.99 Å². The van der Waals surface area contributed by atoms with Gasteiger partial charge in [-0.2, -0.15) is 0 Å². The van der Waals surface area contributed by atoms with E-state index < -0.39 is 0 Å². The number of guanidine groups is 1. The first-order valence-electron chi connectivity index (χ1n) is 9.51. The van der Waals surface area contributed by atoms with E-state index in [0.29, 0.717) is 0 Å². The van der Waals surface area contributed by atoms with E-state index in [4.69, 9.17) is 4.99 Å². The predicted molar refractivity (Wildman–Crippen MR) is 119 cm³/mol. The molecule has 2 rings (SSSR count). The largest absolute Gasteiger partial charge is 0.357 e. The number of hydrogen-bond donors (Lipinski definition) is 2. The topological polar surface area (TPSA) is 39.7 Å². The third kappa shape index (κ3) is 8.40. The molecule has 0 aliphatic carbocycles. The molecule has 25 heavy (non-hydrogen) atoms. The molecule has 0 spiro atoms. The fourth-order valence-corrected chi connectivity index (χ4v) is 3.29. The minimum atomic E-state index is 0. The van der Waals surface area contributed by atoms with Crippen LogP contribution in [0.1, 0.15) is 44.2 Å². The van der Waals surface area contributed by atoms with Crippen LogP contribution in [0.4, 0.5) is 0 Å². The lowest BCUT2D eigenvalue weighted by atomic mass is 9.97. The van der Waals surface area contributed by atoms with Crippen LogP contribution in [0.25, 0.3) is 0 Å². The van der Waals surface area contributed by atoms with Gasteiger partial charge in [0.15, 0.2) is 5.96 Å². The van der Waals surface area contributed by atoms with Gasteiger partial charge in [0, 0.05) is 13.1 Å². The van der Waals surface area contributed by atoms with Crippen LogP contribution in [-0.2, 0) is 6.54 Å². The standard InChI is InChI=1S/C20H34N4.HI/c1-4-11-24-12-9-18(10-13-24)15-22-20(21-5-2)23-16-19-8-6-7-17(3)14-19;/h6-8,14,18H,4-5,9-13,15-16H2,1-3H3,(H2,21,22,23);1H. The molecule has 1 aliphatic heterocycles. The highest BCUT2D eigenvalue weighted by atomic mass is 127. The van der Waals surface area contributed by atoms with Gasteiger partial charge in [0.25, 0.3) is 0 Å². The fourth-order valence-electron chi connectivity index (χ4n) is 3.29. The maximum atomic E-state index is 4.74. The third-order valence-corrected chi connectivity index (χ3v) is 4.65. The van der Waals surface area contributed by atoms with Gasteiger partial charge in [-0.05, 0) is 64.2 Å². The highest BCUT2D eigenvalue weighted by molar-refractivity contribution is 14.0. The van der Waals surface area contributed by atoms with Gasteiger partial charge < -0.3 is 15.5 Å². The molecule has 2 N–H and O–H groups in total. The van der Waals surface area contributed by atoms with Gasteiger partial charge in [0.05, 0.1) is 6.54 Å². The summed E-state index contributed by atoms with van der Waals surface area (Å²) in [6.45, 7) is 12.9. The van der Waals surface area contributed by atoms with Gasteiger partial charge in [0.1, 0.15) is 0 Å². The summed E-state index contributed by atoms with van der Waals surface area (Å²) in [6.07, 6.45) is 3.85. The SMILES string of the molecule is CCCN1CCC(CNC(=NCc2cccc(C)c2)NCC)CC1.I. The van der Waals surface area contributed by atoms with Crippen LogP contribution in [0.15, 0.2) is 29.3 Å². The normalized spacial score (nSPS) is 16.4. The maximum absolute atomic E-state index is 4.74. The molecule has 0 saturated carbocycles. The molecule has 0 radical (unpaired) electrons. The van der Waals surface area contributed by atoms with Crippen molar-refractivity contribution >= 4 is 29.9 Å². The summed E-state index contributed by atoms with van der Waals surface area (Å²) in [7, 11) is 0. The smallest absolute Gasteiger partial charge is 0.191 e. The van der Waals surface area contributed by atoms with Crippen molar-refractivity contribution in [3.8, 4) is 0 Å². The molecule has 1 fully saturated rings. The minimum absolute atomic E-state index is 0. The summed E-state index contributed by atoms with van der Waals surface area (Å²) >= 11 is 0. The predicted octanol–water partition coefficient (Wildman–Crippen LogP) is 3.79. The van der Waals surface area contributed by atoms with Crippen molar-refractivity contribution in [1.82, 2.24) is 15.5 Å². The van der Waals surface area contributed by atoms with Crippen molar-refractivity contribution in [3.63, 3.8) is 0 Å². The zero-order valence-corrected chi connectivity index (χ0v) is 18.4. The second kappa shape index (κ2) is 12.5. The molecular formula is C20H35IN4. The van der Waals surface area contributed by atoms with E-state index in [0.717, 1.165) is 31.5 Å². The Morgan fingerprint density at radius 2 is 1.96 bits per heavy atom. The Hall–Kier alpha value is -0.820. The average molecular weight is 458 g/mol. The van der Waals surface area contributed by atoms with Gasteiger partial charge >= 0.3 is 0 Å². The molecule has 0 amide bonds. The van der Waals surface area contributed by atoms with Crippen LogP contribution in [0.3, 0.4) is 0 Å². The Balaban J connectivity index is 0.00000312. The number of rotatable bonds is 7. The van der Waals surface area contributed by atoms with Gasteiger partial charge in [-0.1, -0.05) is 36.8 Å². The molecule has 1 saturated heterocycles. The summed E-state index contributed by atoms with van der Waals surface area (Å²) in [5.74, 6) is 1.70. The average Bonchev–Trinajstić information content (AvgIpc) is 2.59. The quantitative estimate of drug-likeness (QED) is 0.371. The van der Waals surface area contributed by atoms with Crippen LogP contribution < -0.4 is 10.6 Å². The van der Waals surface area contributed by atoms with Crippen molar-refractivity contribution in [1.29, 1.82) is 0 Å². The van der Waals surface area contributed by atoms with Crippen molar-refractivity contribution in [2.45, 2.75) is 46.6 Å². The van der Waals surface area contributed by atoms with E-state index in [1.165, 1.54) is 50.0 Å². The van der Waals surface area contributed by atoms with E-state index >= 15 is 0 Å². The molecule has 0 atom stereocenters. The van der Waals surface area contributed by atoms with E-state index in [1.54, 1.807) is 0 Å². The van der Waals surface area contributed by atoms with Gasteiger partial charge in [-0.15, -0.1) is 24.0 Å². The second-order valence-electron chi connectivity index (χ2n) is 6.85. The molecule has 5 heteroatoms. The summed E-state index contributed by atoms with van der Waals surface area (Å²) in [6, 6.07) is 8.58. The van der Waals surface area contributed by atoms with Crippen LogP contribution in [0.2, 0.25) is 0 Å². The summed E-state index contributed by atoms with van der Waals surface area (Å²) in [4.78, 5) is 7.33. The Labute approximate surface area is 170 Å². The first kappa shape index (κ1) is 22.2. The Morgan fingerprint density at radius 3 is 2.60 bits per heavy atom. The van der Waals surface area contributed by atoms with E-state index in [1.807, 2.05) is 0 Å². The van der Waals surface area contributed by atoms with Crippen molar-refractivity contribution in [2.24, 2.45) is 10.9 Å². The first-order valence-corrected chi connectivity index (χ1v) is 9.51. The second-order valence-corrected chi connectivity index (χ2v) is 6.85. The van der Waals surface area contributed by atoms with Crippen LogP contribution in [0.5, 0.6) is 0 Å². The van der Waals surface area contributed by atoms with Crippen molar-refractivity contribution in [3.05, 3.63) is 35.4 Å². The Kier molecular flexibility index (Phi) is 11.1. The zero-order chi connectivity index (χ0) is 17.2. The first-order chi connectivity index (χ1) is 11.7. The number of nitrogens with zero attached hydrogens (tertiary/aromatic N) is 2. The summed E-state index contributed by atoms with van der Waals surface area (Å²) in [5, 5.41) is 6.91. The lowest BCUT2D eigenvalue weighted by Gasteiger charge is -2.32. The molecular weight excluding hydrogens is 423 g/mol. The summed E-state index contributed by atoms with van der Waals surface area (Å²) in [5.41, 5.74) is 2.56. The van der Waals surface area contributed by atoms with E-state index in [9.17, 15) is 0 Å². The molecule has 0 bridgehead atoms. The molecule has 0 aromatic heterocycles. The lowest BCUT2D eigenvalue weighted by Crippen LogP contribution is -2.43. The van der Waals surface area contributed by atoms with Crippen molar-refractivity contribution in [2.75, 3.05) is 32.7 Å². The van der Waals surface area contributed by atoms with Gasteiger partial charge in [-0.3, -0.25) is 0 Å². The monoisotopic (exact) mass is 458 g/mol. The number of halogens is 1. The molecule has 0 unspecified atom stereocenters. The van der Waals surface area contributed by atoms with E-state index in [-0.39, 0.29) is 24.0 Å². The maximum Gasteiger partial charge on any atom is 0.191 e. The Bertz CT molecular complexity index is 510. The molecule has 1 aromatic carbocycles. The number of likely N-dealkylation sites (tertiary alicyclic amines) is 1. The van der Waals surface area contributed by atoms with Crippen molar-refractivity contribution < 1.29 is 0 Å². The lowest BCUT2D eigenvalue weighted by molar-refractivity contribution is 0.185. The molecule has 1 heterocycles. The number of aliphatic imine (C=N–C) groups is 1. The van der Waals surface area contributed by atoms with Crippen LogP contribution in [0, 0.1) is 12.8 Å². The number of nitrogens with one attached hydrogen (secondary N) is 2.